The molecule has 1 aliphatic carbocycles. The summed E-state index contributed by atoms with van der Waals surface area (Å²) in [6.07, 6.45) is 5.21. The first-order chi connectivity index (χ1) is 8.69. The van der Waals surface area contributed by atoms with Gasteiger partial charge in [0.15, 0.2) is 0 Å². The molecule has 1 saturated carbocycles. The second kappa shape index (κ2) is 6.14. The van der Waals surface area contributed by atoms with Crippen molar-refractivity contribution in [2.45, 2.75) is 39.5 Å². The van der Waals surface area contributed by atoms with E-state index in [4.69, 9.17) is 5.73 Å². The molecule has 1 fully saturated rings. The van der Waals surface area contributed by atoms with Crippen molar-refractivity contribution in [3.8, 4) is 0 Å². The lowest BCUT2D eigenvalue weighted by Gasteiger charge is -2.30. The van der Waals surface area contributed by atoms with Gasteiger partial charge < -0.3 is 11.1 Å². The molecular formula is C14H24N4. The van der Waals surface area contributed by atoms with Crippen LogP contribution in [0, 0.1) is 25.7 Å². The molecule has 0 radical (unpaired) electrons. The average Bonchev–Trinajstić information content (AvgIpc) is 2.35. The summed E-state index contributed by atoms with van der Waals surface area (Å²) in [6.45, 7) is 5.76. The number of hydrogen-bond donors (Lipinski definition) is 2. The van der Waals surface area contributed by atoms with Gasteiger partial charge in [-0.3, -0.25) is 0 Å². The highest BCUT2D eigenvalue weighted by atomic mass is 15.1. The third-order valence-corrected chi connectivity index (χ3v) is 3.87. The van der Waals surface area contributed by atoms with Crippen molar-refractivity contribution < 1.29 is 0 Å². The van der Waals surface area contributed by atoms with Crippen LogP contribution in [0.5, 0.6) is 0 Å². The smallest absolute Gasteiger partial charge is 0.223 e. The molecule has 1 aromatic rings. The van der Waals surface area contributed by atoms with Crippen LogP contribution in [0.3, 0.4) is 0 Å². The van der Waals surface area contributed by atoms with Crippen LogP contribution in [0.2, 0.25) is 0 Å². The summed E-state index contributed by atoms with van der Waals surface area (Å²) in [5, 5.41) is 3.38. The van der Waals surface area contributed by atoms with E-state index in [9.17, 15) is 0 Å². The molecule has 0 saturated heterocycles. The molecule has 18 heavy (non-hydrogen) atoms. The highest BCUT2D eigenvalue weighted by Crippen LogP contribution is 2.29. The zero-order valence-corrected chi connectivity index (χ0v) is 11.4. The van der Waals surface area contributed by atoms with E-state index in [1.54, 1.807) is 0 Å². The predicted octanol–water partition coefficient (Wildman–Crippen LogP) is 2.27. The zero-order chi connectivity index (χ0) is 13.0. The van der Waals surface area contributed by atoms with Gasteiger partial charge in [-0.05, 0) is 51.1 Å². The van der Waals surface area contributed by atoms with Crippen LogP contribution in [0.4, 0.5) is 5.95 Å². The Morgan fingerprint density at radius 1 is 1.17 bits per heavy atom. The number of aromatic nitrogens is 2. The number of hydrogen-bond acceptors (Lipinski definition) is 4. The molecule has 1 aromatic heterocycles. The van der Waals surface area contributed by atoms with Crippen LogP contribution < -0.4 is 11.1 Å². The van der Waals surface area contributed by atoms with Crippen molar-refractivity contribution in [1.29, 1.82) is 0 Å². The molecule has 3 N–H and O–H groups in total. The van der Waals surface area contributed by atoms with Crippen LogP contribution in [-0.2, 0) is 0 Å². The van der Waals surface area contributed by atoms with Crippen LogP contribution in [0.15, 0.2) is 6.07 Å². The fourth-order valence-corrected chi connectivity index (χ4v) is 2.89. The molecule has 1 heterocycles. The van der Waals surface area contributed by atoms with Gasteiger partial charge in [-0.15, -0.1) is 0 Å². The summed E-state index contributed by atoms with van der Waals surface area (Å²) in [5.74, 6) is 2.10. The largest absolute Gasteiger partial charge is 0.354 e. The molecule has 1 aliphatic rings. The molecule has 2 atom stereocenters. The van der Waals surface area contributed by atoms with Crippen molar-refractivity contribution in [2.24, 2.45) is 17.6 Å². The molecule has 4 nitrogen and oxygen atoms in total. The van der Waals surface area contributed by atoms with Crippen molar-refractivity contribution >= 4 is 5.95 Å². The first-order valence-electron chi connectivity index (χ1n) is 6.95. The van der Waals surface area contributed by atoms with Gasteiger partial charge >= 0.3 is 0 Å². The Morgan fingerprint density at radius 2 is 1.78 bits per heavy atom. The number of nitrogens with one attached hydrogen (secondary N) is 1. The van der Waals surface area contributed by atoms with Crippen LogP contribution in [-0.4, -0.2) is 23.1 Å². The zero-order valence-electron chi connectivity index (χ0n) is 11.4. The number of rotatable bonds is 4. The van der Waals surface area contributed by atoms with Crippen LogP contribution >= 0.6 is 0 Å². The maximum absolute atomic E-state index is 5.85. The van der Waals surface area contributed by atoms with E-state index in [0.29, 0.717) is 11.8 Å². The third-order valence-electron chi connectivity index (χ3n) is 3.87. The maximum atomic E-state index is 5.85. The molecule has 4 heteroatoms. The highest BCUT2D eigenvalue weighted by molar-refractivity contribution is 5.27. The minimum absolute atomic E-state index is 0.664. The minimum atomic E-state index is 0.664. The summed E-state index contributed by atoms with van der Waals surface area (Å²) in [7, 11) is 0. The molecule has 0 spiro atoms. The summed E-state index contributed by atoms with van der Waals surface area (Å²) in [4.78, 5) is 8.83. The van der Waals surface area contributed by atoms with Gasteiger partial charge in [-0.1, -0.05) is 12.8 Å². The molecule has 2 unspecified atom stereocenters. The fourth-order valence-electron chi connectivity index (χ4n) is 2.89. The second-order valence-corrected chi connectivity index (χ2v) is 5.40. The predicted molar refractivity (Wildman–Crippen MR) is 74.5 cm³/mol. The van der Waals surface area contributed by atoms with Crippen molar-refractivity contribution in [3.63, 3.8) is 0 Å². The monoisotopic (exact) mass is 248 g/mol. The first-order valence-corrected chi connectivity index (χ1v) is 6.95. The van der Waals surface area contributed by atoms with Gasteiger partial charge in [0.2, 0.25) is 5.95 Å². The van der Waals surface area contributed by atoms with Gasteiger partial charge in [0, 0.05) is 17.9 Å². The van der Waals surface area contributed by atoms with Gasteiger partial charge in [0.25, 0.3) is 0 Å². The Morgan fingerprint density at radius 3 is 2.39 bits per heavy atom. The summed E-state index contributed by atoms with van der Waals surface area (Å²) >= 11 is 0. The van der Waals surface area contributed by atoms with E-state index < -0.39 is 0 Å². The lowest BCUT2D eigenvalue weighted by molar-refractivity contribution is 0.255. The van der Waals surface area contributed by atoms with E-state index in [2.05, 4.69) is 15.3 Å². The summed E-state index contributed by atoms with van der Waals surface area (Å²) < 4.78 is 0. The Bertz CT molecular complexity index is 371. The van der Waals surface area contributed by atoms with E-state index in [-0.39, 0.29) is 0 Å². The Hall–Kier alpha value is -1.16. The maximum Gasteiger partial charge on any atom is 0.223 e. The highest BCUT2D eigenvalue weighted by Gasteiger charge is 2.23. The number of nitrogens with zero attached hydrogens (tertiary/aromatic N) is 2. The molecule has 0 bridgehead atoms. The number of anilines is 1. The Balaban J connectivity index is 1.93. The summed E-state index contributed by atoms with van der Waals surface area (Å²) in [6, 6.07) is 1.99. The van der Waals surface area contributed by atoms with E-state index in [1.807, 2.05) is 19.9 Å². The molecule has 0 amide bonds. The Kier molecular flexibility index (Phi) is 4.53. The second-order valence-electron chi connectivity index (χ2n) is 5.40. The quantitative estimate of drug-likeness (QED) is 0.858. The molecule has 2 rings (SSSR count). The number of aryl methyl sites for hydroxylation is 2. The molecule has 0 aromatic carbocycles. The van der Waals surface area contributed by atoms with E-state index in [1.165, 1.54) is 25.7 Å². The molecule has 100 valence electrons. The standard InChI is InChI=1S/C14H24N4/c1-10-7-11(2)18-14(17-10)16-9-13-6-4-3-5-12(13)8-15/h7,12-13H,3-6,8-9,15H2,1-2H3,(H,16,17,18). The van der Waals surface area contributed by atoms with Gasteiger partial charge in [0.05, 0.1) is 0 Å². The topological polar surface area (TPSA) is 63.8 Å². The van der Waals surface area contributed by atoms with Gasteiger partial charge in [-0.25, -0.2) is 9.97 Å². The lowest BCUT2D eigenvalue weighted by atomic mass is 9.79. The van der Waals surface area contributed by atoms with Crippen LogP contribution in [0.1, 0.15) is 37.1 Å². The van der Waals surface area contributed by atoms with E-state index in [0.717, 1.165) is 30.4 Å². The van der Waals surface area contributed by atoms with Gasteiger partial charge in [-0.2, -0.15) is 0 Å². The normalized spacial score (nSPS) is 23.9. The van der Waals surface area contributed by atoms with Crippen LogP contribution in [0.25, 0.3) is 0 Å². The van der Waals surface area contributed by atoms with Crippen molar-refractivity contribution in [3.05, 3.63) is 17.5 Å². The lowest BCUT2D eigenvalue weighted by Crippen LogP contribution is -2.31. The number of nitrogens with two attached hydrogens (primary N) is 1. The molecule has 0 aliphatic heterocycles. The Labute approximate surface area is 109 Å². The fraction of sp³-hybridized carbons (Fsp3) is 0.714. The first kappa shape index (κ1) is 13.3. The van der Waals surface area contributed by atoms with Crippen molar-refractivity contribution in [1.82, 2.24) is 9.97 Å². The SMILES string of the molecule is Cc1cc(C)nc(NCC2CCCCC2CN)n1. The average molecular weight is 248 g/mol. The van der Waals surface area contributed by atoms with E-state index >= 15 is 0 Å². The third kappa shape index (κ3) is 3.42. The minimum Gasteiger partial charge on any atom is -0.354 e. The van der Waals surface area contributed by atoms with Crippen molar-refractivity contribution in [2.75, 3.05) is 18.4 Å². The molecular weight excluding hydrogens is 224 g/mol. The van der Waals surface area contributed by atoms with Gasteiger partial charge in [0.1, 0.15) is 0 Å². The summed E-state index contributed by atoms with van der Waals surface area (Å²) in [5.41, 5.74) is 7.89.